The number of nitrogens with one attached hydrogen (secondary N) is 3. The number of carbonyl (C=O) groups is 1. The van der Waals surface area contributed by atoms with Gasteiger partial charge in [0.25, 0.3) is 0 Å². The number of rotatable bonds is 6. The largest absolute Gasteiger partial charge is 0.435 e. The summed E-state index contributed by atoms with van der Waals surface area (Å²) in [6, 6.07) is -0.303. The second kappa shape index (κ2) is 7.53. The molecule has 3 N–H and O–H groups in total. The first-order valence-electron chi connectivity index (χ1n) is 5.22. The lowest BCUT2D eigenvalue weighted by Gasteiger charge is -2.06. The number of amides is 2. The molecule has 0 atom stereocenters. The molecular weight excluding hydrogens is 301 g/mol. The van der Waals surface area contributed by atoms with Crippen LogP contribution in [0.3, 0.4) is 0 Å². The fraction of sp³-hybridized carbons (Fsp3) is 0.556. The van der Waals surface area contributed by atoms with E-state index < -0.39 is 11.9 Å². The van der Waals surface area contributed by atoms with Gasteiger partial charge in [-0.3, -0.25) is 4.72 Å². The monoisotopic (exact) mass is 314 g/mol. The van der Waals surface area contributed by atoms with E-state index in [9.17, 15) is 18.0 Å². The lowest BCUT2D eigenvalue weighted by atomic mass is 10.3. The van der Waals surface area contributed by atoms with Crippen LogP contribution in [-0.4, -0.2) is 34.6 Å². The van der Waals surface area contributed by atoms with Gasteiger partial charge in [-0.1, -0.05) is 0 Å². The third-order valence-corrected chi connectivity index (χ3v) is 3.94. The number of nitrogens with zero attached hydrogens (tertiary/aromatic N) is 1. The number of aromatic amines is 1. The Morgan fingerprint density at radius 2 is 2.21 bits per heavy atom. The Morgan fingerprint density at radius 3 is 2.84 bits per heavy atom. The minimum Gasteiger partial charge on any atom is -0.347 e. The molecule has 2 amide bonds. The minimum atomic E-state index is -4.43. The second-order valence-electron chi connectivity index (χ2n) is 3.31. The van der Waals surface area contributed by atoms with Crippen molar-refractivity contribution in [2.45, 2.75) is 11.9 Å². The van der Waals surface area contributed by atoms with Crippen LogP contribution in [0.1, 0.15) is 11.4 Å². The van der Waals surface area contributed by atoms with Crippen LogP contribution in [0.4, 0.5) is 18.0 Å². The number of hydrogen-bond donors (Lipinski definition) is 3. The Bertz CT molecular complexity index is 410. The van der Waals surface area contributed by atoms with Gasteiger partial charge in [-0.2, -0.15) is 24.9 Å². The van der Waals surface area contributed by atoms with Crippen LogP contribution >= 0.6 is 23.7 Å². The molecule has 10 heteroatoms. The van der Waals surface area contributed by atoms with E-state index in [4.69, 9.17) is 0 Å². The summed E-state index contributed by atoms with van der Waals surface area (Å²) in [5, 5.41) is 2.39. The average Bonchev–Trinajstić information content (AvgIpc) is 2.81. The quantitative estimate of drug-likeness (QED) is 0.556. The molecule has 5 nitrogen and oxygen atoms in total. The van der Waals surface area contributed by atoms with E-state index in [1.54, 1.807) is 0 Å². The van der Waals surface area contributed by atoms with Gasteiger partial charge in [0.05, 0.1) is 12.0 Å². The molecule has 108 valence electrons. The molecule has 0 spiro atoms. The van der Waals surface area contributed by atoms with Gasteiger partial charge >= 0.3 is 12.2 Å². The van der Waals surface area contributed by atoms with E-state index in [1.165, 1.54) is 30.8 Å². The number of hydrogen-bond acceptors (Lipinski definition) is 4. The third kappa shape index (κ3) is 5.64. The number of imidazole rings is 1. The zero-order chi connectivity index (χ0) is 14.3. The van der Waals surface area contributed by atoms with E-state index >= 15 is 0 Å². The van der Waals surface area contributed by atoms with Crippen LogP contribution in [0.5, 0.6) is 0 Å². The van der Waals surface area contributed by atoms with Crippen molar-refractivity contribution >= 4 is 29.7 Å². The van der Waals surface area contributed by atoms with Crippen molar-refractivity contribution < 1.29 is 18.0 Å². The lowest BCUT2D eigenvalue weighted by Crippen LogP contribution is -2.27. The van der Waals surface area contributed by atoms with Crippen molar-refractivity contribution in [3.05, 3.63) is 17.7 Å². The average molecular weight is 314 g/mol. The molecule has 0 bridgehead atoms. The maximum Gasteiger partial charge on any atom is 0.435 e. The fourth-order valence-corrected chi connectivity index (χ4v) is 2.83. The van der Waals surface area contributed by atoms with Gasteiger partial charge < -0.3 is 10.3 Å². The first kappa shape index (κ1) is 16.0. The molecule has 1 rings (SSSR count). The number of alkyl halides is 3. The Labute approximate surface area is 116 Å². The number of carbonyl (C=O) groups excluding carboxylic acids is 1. The highest BCUT2D eigenvalue weighted by Gasteiger charge is 2.35. The number of aromatic nitrogens is 2. The minimum absolute atomic E-state index is 0.0711. The summed E-state index contributed by atoms with van der Waals surface area (Å²) in [6.45, 7) is 0. The Kier molecular flexibility index (Phi) is 6.35. The Morgan fingerprint density at radius 1 is 1.47 bits per heavy atom. The summed E-state index contributed by atoms with van der Waals surface area (Å²) in [7, 11) is 1.50. The summed E-state index contributed by atoms with van der Waals surface area (Å²) >= 11 is 2.54. The molecule has 1 aromatic heterocycles. The molecular formula is C9H13F3N4OS2. The Hall–Kier alpha value is -1.03. The SMILES string of the molecule is CNC(=O)NSCCSCc1[nH]cnc1C(F)(F)F. The summed E-state index contributed by atoms with van der Waals surface area (Å²) in [4.78, 5) is 16.6. The van der Waals surface area contributed by atoms with Gasteiger partial charge in [0.1, 0.15) is 0 Å². The van der Waals surface area contributed by atoms with Gasteiger partial charge in [-0.15, -0.1) is 0 Å². The number of halogens is 3. The maximum atomic E-state index is 12.5. The zero-order valence-corrected chi connectivity index (χ0v) is 11.6. The summed E-state index contributed by atoms with van der Waals surface area (Å²) in [5.74, 6) is 1.42. The van der Waals surface area contributed by atoms with E-state index in [0.29, 0.717) is 11.5 Å². The third-order valence-electron chi connectivity index (χ3n) is 1.95. The van der Waals surface area contributed by atoms with Crippen molar-refractivity contribution in [1.29, 1.82) is 0 Å². The van der Waals surface area contributed by atoms with Crippen LogP contribution < -0.4 is 10.0 Å². The standard InChI is InChI=1S/C9H13F3N4OS2/c1-13-8(17)16-19-3-2-18-4-6-7(9(10,11)12)15-5-14-6/h5H,2-4H2,1H3,(H,14,15)(H2,13,16,17). The normalized spacial score (nSPS) is 11.4. The molecule has 0 aromatic carbocycles. The molecule has 1 heterocycles. The van der Waals surface area contributed by atoms with E-state index in [2.05, 4.69) is 20.0 Å². The van der Waals surface area contributed by atoms with Crippen LogP contribution in [0.15, 0.2) is 6.33 Å². The van der Waals surface area contributed by atoms with Gasteiger partial charge in [0, 0.05) is 24.3 Å². The van der Waals surface area contributed by atoms with Gasteiger partial charge in [0.2, 0.25) is 0 Å². The molecule has 0 aliphatic carbocycles. The van der Waals surface area contributed by atoms with E-state index in [0.717, 1.165) is 6.33 Å². The van der Waals surface area contributed by atoms with Crippen LogP contribution in [0.2, 0.25) is 0 Å². The molecule has 0 aliphatic heterocycles. The van der Waals surface area contributed by atoms with Crippen molar-refractivity contribution in [3.8, 4) is 0 Å². The van der Waals surface area contributed by atoms with Crippen LogP contribution in [-0.2, 0) is 11.9 Å². The van der Waals surface area contributed by atoms with Crippen molar-refractivity contribution in [2.24, 2.45) is 0 Å². The molecule has 0 aliphatic rings. The molecule has 1 aromatic rings. The molecule has 0 saturated carbocycles. The van der Waals surface area contributed by atoms with Gasteiger partial charge in [-0.05, 0) is 11.9 Å². The topological polar surface area (TPSA) is 69.8 Å². The summed E-state index contributed by atoms with van der Waals surface area (Å²) in [6.07, 6.45) is -3.38. The van der Waals surface area contributed by atoms with Crippen molar-refractivity contribution in [2.75, 3.05) is 18.6 Å². The second-order valence-corrected chi connectivity index (χ2v) is 5.32. The highest BCUT2D eigenvalue weighted by molar-refractivity contribution is 8.01. The molecule has 0 radical (unpaired) electrons. The number of H-pyrrole nitrogens is 1. The Balaban J connectivity index is 2.23. The molecule has 0 unspecified atom stereocenters. The molecule has 0 saturated heterocycles. The van der Waals surface area contributed by atoms with E-state index in [-0.39, 0.29) is 17.5 Å². The molecule has 0 fully saturated rings. The van der Waals surface area contributed by atoms with Gasteiger partial charge in [0.15, 0.2) is 5.69 Å². The van der Waals surface area contributed by atoms with Crippen molar-refractivity contribution in [1.82, 2.24) is 20.0 Å². The van der Waals surface area contributed by atoms with Crippen molar-refractivity contribution in [3.63, 3.8) is 0 Å². The predicted octanol–water partition coefficient (Wildman–Crippen LogP) is 2.24. The smallest absolute Gasteiger partial charge is 0.347 e. The summed E-state index contributed by atoms with van der Waals surface area (Å²) in [5.41, 5.74) is -0.794. The highest BCUT2D eigenvalue weighted by Crippen LogP contribution is 2.31. The predicted molar refractivity (Wildman–Crippen MR) is 69.8 cm³/mol. The number of urea groups is 1. The summed E-state index contributed by atoms with van der Waals surface area (Å²) < 4.78 is 40.0. The lowest BCUT2D eigenvalue weighted by molar-refractivity contribution is -0.141. The van der Waals surface area contributed by atoms with Crippen LogP contribution in [0, 0.1) is 0 Å². The highest BCUT2D eigenvalue weighted by atomic mass is 32.2. The molecule has 19 heavy (non-hydrogen) atoms. The first-order valence-corrected chi connectivity index (χ1v) is 7.36. The van der Waals surface area contributed by atoms with E-state index in [1.807, 2.05) is 0 Å². The maximum absolute atomic E-state index is 12.5. The van der Waals surface area contributed by atoms with Gasteiger partial charge in [-0.25, -0.2) is 9.78 Å². The zero-order valence-electron chi connectivity index (χ0n) is 10.0. The van der Waals surface area contributed by atoms with Crippen LogP contribution in [0.25, 0.3) is 0 Å². The first-order chi connectivity index (χ1) is 8.95. The fourth-order valence-electron chi connectivity index (χ4n) is 1.12. The number of thioether (sulfide) groups is 1.